The van der Waals surface area contributed by atoms with Crippen LogP contribution in [0.15, 0.2) is 18.2 Å². The Morgan fingerprint density at radius 2 is 1.95 bits per heavy atom. The molecule has 2 heterocycles. The third-order valence-electron chi connectivity index (χ3n) is 4.06. The largest absolute Gasteiger partial charge is 0.338 e. The van der Waals surface area contributed by atoms with Crippen molar-refractivity contribution in [1.29, 1.82) is 0 Å². The van der Waals surface area contributed by atoms with Gasteiger partial charge in [-0.2, -0.15) is 0 Å². The number of nitrogens with zero attached hydrogens (tertiary/aromatic N) is 2. The molecule has 2 fully saturated rings. The van der Waals surface area contributed by atoms with Gasteiger partial charge in [0.2, 0.25) is 0 Å². The van der Waals surface area contributed by atoms with Crippen molar-refractivity contribution in [3.63, 3.8) is 0 Å². The third-order valence-corrected chi connectivity index (χ3v) is 4.30. The maximum absolute atomic E-state index is 12.5. The smallest absolute Gasteiger partial charge is 0.282 e. The average Bonchev–Trinajstić information content (AvgIpc) is 2.97. The van der Waals surface area contributed by atoms with Gasteiger partial charge in [0.1, 0.15) is 5.56 Å². The van der Waals surface area contributed by atoms with E-state index in [0.29, 0.717) is 29.9 Å². The lowest BCUT2D eigenvalue weighted by Gasteiger charge is -2.17. The van der Waals surface area contributed by atoms with Crippen LogP contribution in [0.1, 0.15) is 10.4 Å². The van der Waals surface area contributed by atoms with E-state index in [4.69, 9.17) is 11.6 Å². The summed E-state index contributed by atoms with van der Waals surface area (Å²) in [6.07, 6.45) is 0. The van der Waals surface area contributed by atoms with Crippen LogP contribution in [0.25, 0.3) is 0 Å². The third kappa shape index (κ3) is 2.97. The van der Waals surface area contributed by atoms with E-state index in [-0.39, 0.29) is 29.6 Å². The number of hydrogen-bond donors (Lipinski definition) is 1. The van der Waals surface area contributed by atoms with Gasteiger partial charge in [-0.05, 0) is 24.0 Å². The molecule has 3 rings (SSSR count). The molecule has 0 aromatic heterocycles. The molecule has 21 heavy (non-hydrogen) atoms. The van der Waals surface area contributed by atoms with Crippen LogP contribution in [0, 0.1) is 22.0 Å². The lowest BCUT2D eigenvalue weighted by Crippen LogP contribution is -2.32. The van der Waals surface area contributed by atoms with Gasteiger partial charge in [0.15, 0.2) is 0 Å². The zero-order chi connectivity index (χ0) is 14.3. The molecule has 1 N–H and O–H groups in total. The topological polar surface area (TPSA) is 75.5 Å². The Kier molecular flexibility index (Phi) is 4.70. The molecule has 0 aliphatic carbocycles. The summed E-state index contributed by atoms with van der Waals surface area (Å²) in [4.78, 5) is 24.7. The first-order chi connectivity index (χ1) is 9.56. The molecule has 1 amide bonds. The molecular weight excluding hydrogens is 317 g/mol. The van der Waals surface area contributed by atoms with Crippen molar-refractivity contribution in [3.8, 4) is 0 Å². The number of carbonyl (C=O) groups is 1. The van der Waals surface area contributed by atoms with Crippen LogP contribution in [0.2, 0.25) is 5.02 Å². The second-order valence-electron chi connectivity index (χ2n) is 5.31. The first-order valence-electron chi connectivity index (χ1n) is 6.50. The van der Waals surface area contributed by atoms with Gasteiger partial charge >= 0.3 is 0 Å². The lowest BCUT2D eigenvalue weighted by atomic mass is 10.0. The Hall–Kier alpha value is -1.37. The summed E-state index contributed by atoms with van der Waals surface area (Å²) in [7, 11) is 0. The minimum absolute atomic E-state index is 0. The number of fused-ring (bicyclic) bond motifs is 1. The van der Waals surface area contributed by atoms with Crippen molar-refractivity contribution in [2.75, 3.05) is 26.2 Å². The number of nitro groups is 1. The van der Waals surface area contributed by atoms with Gasteiger partial charge in [-0.25, -0.2) is 0 Å². The number of likely N-dealkylation sites (tertiary alicyclic amines) is 1. The molecule has 2 aliphatic heterocycles. The zero-order valence-corrected chi connectivity index (χ0v) is 12.7. The fourth-order valence-electron chi connectivity index (χ4n) is 3.03. The van der Waals surface area contributed by atoms with Crippen molar-refractivity contribution in [1.82, 2.24) is 10.2 Å². The van der Waals surface area contributed by atoms with E-state index in [1.807, 2.05) is 0 Å². The van der Waals surface area contributed by atoms with Crippen LogP contribution in [0.3, 0.4) is 0 Å². The summed E-state index contributed by atoms with van der Waals surface area (Å²) in [6, 6.07) is 4.10. The van der Waals surface area contributed by atoms with Crippen LogP contribution >= 0.6 is 24.0 Å². The Morgan fingerprint density at radius 1 is 1.33 bits per heavy atom. The summed E-state index contributed by atoms with van der Waals surface area (Å²) in [5.74, 6) is 0.614. The number of halogens is 2. The maximum Gasteiger partial charge on any atom is 0.282 e. The van der Waals surface area contributed by atoms with Gasteiger partial charge in [0.05, 0.1) is 4.92 Å². The second kappa shape index (κ2) is 6.17. The number of amides is 1. The van der Waals surface area contributed by atoms with Gasteiger partial charge in [0.25, 0.3) is 11.6 Å². The predicted octanol–water partition coefficient (Wildman–Crippen LogP) is 1.96. The first-order valence-corrected chi connectivity index (χ1v) is 6.88. The van der Waals surface area contributed by atoms with Crippen LogP contribution in [-0.4, -0.2) is 41.9 Å². The minimum atomic E-state index is -0.540. The number of hydrogen-bond acceptors (Lipinski definition) is 4. The van der Waals surface area contributed by atoms with E-state index < -0.39 is 4.92 Å². The van der Waals surface area contributed by atoms with E-state index in [2.05, 4.69) is 5.32 Å². The number of carbonyl (C=O) groups excluding carboxylic acids is 1. The quantitative estimate of drug-likeness (QED) is 0.664. The molecule has 2 aliphatic rings. The van der Waals surface area contributed by atoms with Gasteiger partial charge in [-0.3, -0.25) is 14.9 Å². The van der Waals surface area contributed by atoms with Crippen LogP contribution < -0.4 is 5.32 Å². The van der Waals surface area contributed by atoms with Crippen LogP contribution in [-0.2, 0) is 0 Å². The van der Waals surface area contributed by atoms with Crippen molar-refractivity contribution >= 4 is 35.6 Å². The average molecular weight is 332 g/mol. The van der Waals surface area contributed by atoms with E-state index in [1.165, 1.54) is 18.2 Å². The molecule has 2 saturated heterocycles. The maximum atomic E-state index is 12.5. The van der Waals surface area contributed by atoms with E-state index in [9.17, 15) is 14.9 Å². The minimum Gasteiger partial charge on any atom is -0.338 e. The summed E-state index contributed by atoms with van der Waals surface area (Å²) < 4.78 is 0. The molecule has 0 bridgehead atoms. The van der Waals surface area contributed by atoms with E-state index >= 15 is 0 Å². The highest BCUT2D eigenvalue weighted by atomic mass is 35.5. The number of nitro benzene ring substituents is 1. The number of rotatable bonds is 2. The molecule has 6 nitrogen and oxygen atoms in total. The Bertz CT molecular complexity index is 570. The molecule has 0 spiro atoms. The lowest BCUT2D eigenvalue weighted by molar-refractivity contribution is -0.385. The molecule has 2 atom stereocenters. The van der Waals surface area contributed by atoms with Gasteiger partial charge in [-0.1, -0.05) is 11.6 Å². The molecule has 8 heteroatoms. The molecule has 1 aromatic rings. The monoisotopic (exact) mass is 331 g/mol. The molecule has 0 unspecified atom stereocenters. The van der Waals surface area contributed by atoms with Gasteiger partial charge in [-0.15, -0.1) is 12.4 Å². The summed E-state index contributed by atoms with van der Waals surface area (Å²) >= 11 is 5.86. The van der Waals surface area contributed by atoms with E-state index in [1.54, 1.807) is 4.90 Å². The fraction of sp³-hybridized carbons (Fsp3) is 0.462. The zero-order valence-electron chi connectivity index (χ0n) is 11.1. The molecule has 0 saturated carbocycles. The second-order valence-corrected chi connectivity index (χ2v) is 5.74. The van der Waals surface area contributed by atoms with Gasteiger partial charge < -0.3 is 10.2 Å². The Labute approximate surface area is 133 Å². The van der Waals surface area contributed by atoms with Crippen molar-refractivity contribution in [2.45, 2.75) is 0 Å². The summed E-state index contributed by atoms with van der Waals surface area (Å²) in [5, 5.41) is 14.7. The first kappa shape index (κ1) is 16.0. The number of benzene rings is 1. The highest BCUT2D eigenvalue weighted by molar-refractivity contribution is 6.31. The normalized spacial score (nSPS) is 23.6. The standard InChI is InChI=1S/C13H14ClN3O3.ClH/c14-10-1-2-12(17(19)20)11(3-10)13(18)16-6-8-4-15-5-9(8)7-16;/h1-3,8-9,15H,4-7H2;1H/t8-,9+;. The molecule has 0 radical (unpaired) electrons. The van der Waals surface area contributed by atoms with Crippen molar-refractivity contribution in [2.24, 2.45) is 11.8 Å². The van der Waals surface area contributed by atoms with Crippen molar-refractivity contribution < 1.29 is 9.72 Å². The van der Waals surface area contributed by atoms with Crippen LogP contribution in [0.5, 0.6) is 0 Å². The summed E-state index contributed by atoms with van der Waals surface area (Å²) in [5.41, 5.74) is -0.106. The number of nitrogens with one attached hydrogen (secondary N) is 1. The SMILES string of the molecule is Cl.O=C(c1cc(Cl)ccc1[N+](=O)[O-])N1C[C@H]2CNC[C@H]2C1. The van der Waals surface area contributed by atoms with Gasteiger partial charge in [0, 0.05) is 37.3 Å². The predicted molar refractivity (Wildman–Crippen MR) is 81.1 cm³/mol. The Balaban J connectivity index is 0.00000161. The highest BCUT2D eigenvalue weighted by Gasteiger charge is 2.39. The highest BCUT2D eigenvalue weighted by Crippen LogP contribution is 2.30. The summed E-state index contributed by atoms with van der Waals surface area (Å²) in [6.45, 7) is 3.12. The molecule has 114 valence electrons. The Morgan fingerprint density at radius 3 is 2.52 bits per heavy atom. The van der Waals surface area contributed by atoms with E-state index in [0.717, 1.165) is 13.1 Å². The van der Waals surface area contributed by atoms with Crippen molar-refractivity contribution in [3.05, 3.63) is 38.9 Å². The molecular formula is C13H15Cl2N3O3. The fourth-order valence-corrected chi connectivity index (χ4v) is 3.20. The molecule has 1 aromatic carbocycles. The van der Waals surface area contributed by atoms with Crippen LogP contribution in [0.4, 0.5) is 5.69 Å².